The van der Waals surface area contributed by atoms with E-state index in [1.807, 2.05) is 24.3 Å². The molecule has 0 saturated carbocycles. The third-order valence-corrected chi connectivity index (χ3v) is 4.15. The molecular weight excluding hydrogens is 290 g/mol. The maximum atomic E-state index is 5.79. The molecule has 0 spiro atoms. The summed E-state index contributed by atoms with van der Waals surface area (Å²) in [6.45, 7) is 9.26. The van der Waals surface area contributed by atoms with Crippen molar-refractivity contribution in [1.29, 1.82) is 0 Å². The van der Waals surface area contributed by atoms with Crippen LogP contribution in [0.25, 0.3) is 0 Å². The number of benzene rings is 1. The highest BCUT2D eigenvalue weighted by atomic mass is 79.9. The van der Waals surface area contributed by atoms with E-state index in [1.54, 1.807) is 4.90 Å². The van der Waals surface area contributed by atoms with Crippen LogP contribution in [0.4, 0.5) is 0 Å². The summed E-state index contributed by atoms with van der Waals surface area (Å²) in [7, 11) is 0. The van der Waals surface area contributed by atoms with Gasteiger partial charge in [0.15, 0.2) is 0 Å². The molecule has 0 aliphatic carbocycles. The summed E-state index contributed by atoms with van der Waals surface area (Å²) in [6.07, 6.45) is 1.39. The van der Waals surface area contributed by atoms with E-state index in [4.69, 9.17) is 4.74 Å². The number of nitrogens with one attached hydrogen (secondary N) is 1. The van der Waals surface area contributed by atoms with Crippen LogP contribution in [0, 0.1) is 11.8 Å². The molecule has 1 aliphatic rings. The fourth-order valence-corrected chi connectivity index (χ4v) is 3.23. The van der Waals surface area contributed by atoms with Gasteiger partial charge in [-0.1, -0.05) is 29.8 Å². The van der Waals surface area contributed by atoms with Crippen LogP contribution in [0.15, 0.2) is 28.7 Å². The monoisotopic (exact) mass is 312 g/mol. The quantitative estimate of drug-likeness (QED) is 0.901. The van der Waals surface area contributed by atoms with Crippen molar-refractivity contribution in [2.75, 3.05) is 26.2 Å². The summed E-state index contributed by atoms with van der Waals surface area (Å²) in [5.41, 5.74) is 0. The van der Waals surface area contributed by atoms with Gasteiger partial charge in [-0.25, -0.2) is 0 Å². The van der Waals surface area contributed by atoms with E-state index < -0.39 is 0 Å². The van der Waals surface area contributed by atoms with Gasteiger partial charge in [-0.2, -0.15) is 0 Å². The molecule has 0 bridgehead atoms. The smallest absolute Gasteiger partial charge is 0.137 e. The Labute approximate surface area is 118 Å². The number of hydrogen-bond acceptors (Lipinski definition) is 1. The molecule has 1 aliphatic heterocycles. The molecule has 1 N–H and O–H groups in total. The van der Waals surface area contributed by atoms with E-state index in [1.165, 1.54) is 19.5 Å². The minimum Gasteiger partial charge on any atom is -0.488 e. The van der Waals surface area contributed by atoms with Gasteiger partial charge >= 0.3 is 0 Å². The summed E-state index contributed by atoms with van der Waals surface area (Å²) in [5.74, 6) is 2.68. The van der Waals surface area contributed by atoms with Gasteiger partial charge in [0.05, 0.1) is 13.1 Å². The first kappa shape index (κ1) is 13.9. The molecule has 18 heavy (non-hydrogen) atoms. The molecule has 0 unspecified atom stereocenters. The fraction of sp³-hybridized carbons (Fsp3) is 0.600. The van der Waals surface area contributed by atoms with Crippen molar-refractivity contribution in [1.82, 2.24) is 0 Å². The van der Waals surface area contributed by atoms with Gasteiger partial charge in [0.1, 0.15) is 18.9 Å². The van der Waals surface area contributed by atoms with Gasteiger partial charge in [0.25, 0.3) is 0 Å². The molecule has 1 saturated heterocycles. The molecule has 100 valence electrons. The van der Waals surface area contributed by atoms with Gasteiger partial charge in [-0.15, -0.1) is 0 Å². The maximum Gasteiger partial charge on any atom is 0.137 e. The molecular formula is C15H23BrNO+. The summed E-state index contributed by atoms with van der Waals surface area (Å²) >= 11 is 3.43. The Kier molecular flexibility index (Phi) is 5.07. The number of rotatable bonds is 4. The summed E-state index contributed by atoms with van der Waals surface area (Å²) in [4.78, 5) is 1.69. The lowest BCUT2D eigenvalue weighted by molar-refractivity contribution is -0.912. The van der Waals surface area contributed by atoms with Crippen molar-refractivity contribution < 1.29 is 9.64 Å². The molecule has 3 heteroatoms. The van der Waals surface area contributed by atoms with E-state index in [0.29, 0.717) is 0 Å². The van der Waals surface area contributed by atoms with E-state index in [-0.39, 0.29) is 0 Å². The van der Waals surface area contributed by atoms with Crippen molar-refractivity contribution >= 4 is 15.9 Å². The first-order chi connectivity index (χ1) is 8.63. The highest BCUT2D eigenvalue weighted by molar-refractivity contribution is 9.10. The van der Waals surface area contributed by atoms with E-state index in [0.717, 1.165) is 35.2 Å². The molecule has 1 aromatic rings. The molecule has 2 rings (SSSR count). The van der Waals surface area contributed by atoms with Crippen LogP contribution in [-0.4, -0.2) is 26.2 Å². The second-order valence-electron chi connectivity index (χ2n) is 5.66. The van der Waals surface area contributed by atoms with Gasteiger partial charge in [-0.05, 0) is 30.7 Å². The summed E-state index contributed by atoms with van der Waals surface area (Å²) < 4.78 is 6.89. The molecule has 1 aromatic carbocycles. The average molecular weight is 313 g/mol. The Morgan fingerprint density at radius 3 is 2.39 bits per heavy atom. The van der Waals surface area contributed by atoms with Crippen LogP contribution in [0.2, 0.25) is 0 Å². The highest BCUT2D eigenvalue weighted by Gasteiger charge is 2.24. The second kappa shape index (κ2) is 6.58. The summed E-state index contributed by atoms with van der Waals surface area (Å²) in [5, 5.41) is 0. The van der Waals surface area contributed by atoms with Gasteiger partial charge in [0.2, 0.25) is 0 Å². The zero-order chi connectivity index (χ0) is 13.0. The van der Waals surface area contributed by atoms with Crippen molar-refractivity contribution in [2.24, 2.45) is 11.8 Å². The Bertz CT molecular complexity index is 355. The Morgan fingerprint density at radius 1 is 1.17 bits per heavy atom. The molecule has 0 aromatic heterocycles. The Hall–Kier alpha value is -0.540. The lowest BCUT2D eigenvalue weighted by atomic mass is 9.92. The van der Waals surface area contributed by atoms with Crippen LogP contribution >= 0.6 is 15.9 Å². The predicted molar refractivity (Wildman–Crippen MR) is 78.1 cm³/mol. The zero-order valence-electron chi connectivity index (χ0n) is 11.3. The van der Waals surface area contributed by atoms with Crippen LogP contribution in [-0.2, 0) is 0 Å². The molecule has 2 atom stereocenters. The minimum absolute atomic E-state index is 0.816. The number of likely N-dealkylation sites (tertiary alicyclic amines) is 1. The first-order valence-corrected chi connectivity index (χ1v) is 7.64. The molecule has 0 amide bonds. The number of ether oxygens (including phenoxy) is 1. The molecule has 1 heterocycles. The fourth-order valence-electron chi connectivity index (χ4n) is 2.97. The maximum absolute atomic E-state index is 5.79. The van der Waals surface area contributed by atoms with E-state index in [9.17, 15) is 0 Å². The summed E-state index contributed by atoms with van der Waals surface area (Å²) in [6, 6.07) is 8.07. The minimum atomic E-state index is 0.816. The third kappa shape index (κ3) is 4.29. The second-order valence-corrected chi connectivity index (χ2v) is 6.57. The SMILES string of the molecule is C[C@H]1C[C@H](C)C[NH+](CCOc2ccc(Br)cc2)C1. The third-order valence-electron chi connectivity index (χ3n) is 3.62. The van der Waals surface area contributed by atoms with Crippen LogP contribution in [0.1, 0.15) is 20.3 Å². The topological polar surface area (TPSA) is 13.7 Å². The molecule has 2 nitrogen and oxygen atoms in total. The van der Waals surface area contributed by atoms with Gasteiger partial charge in [0, 0.05) is 16.3 Å². The predicted octanol–water partition coefficient (Wildman–Crippen LogP) is 2.39. The highest BCUT2D eigenvalue weighted by Crippen LogP contribution is 2.16. The normalized spacial score (nSPS) is 28.1. The first-order valence-electron chi connectivity index (χ1n) is 6.85. The van der Waals surface area contributed by atoms with Gasteiger partial charge in [-0.3, -0.25) is 0 Å². The average Bonchev–Trinajstić information content (AvgIpc) is 2.30. The number of halogens is 1. The Morgan fingerprint density at radius 2 is 1.78 bits per heavy atom. The Balaban J connectivity index is 1.73. The zero-order valence-corrected chi connectivity index (χ0v) is 12.9. The van der Waals surface area contributed by atoms with Crippen LogP contribution < -0.4 is 9.64 Å². The molecule has 1 fully saturated rings. The lowest BCUT2D eigenvalue weighted by Crippen LogP contribution is -3.14. The number of quaternary nitrogens is 1. The van der Waals surface area contributed by atoms with Crippen LogP contribution in [0.3, 0.4) is 0 Å². The van der Waals surface area contributed by atoms with E-state index in [2.05, 4.69) is 29.8 Å². The van der Waals surface area contributed by atoms with Crippen molar-refractivity contribution in [3.63, 3.8) is 0 Å². The number of piperidine rings is 1. The van der Waals surface area contributed by atoms with Gasteiger partial charge < -0.3 is 9.64 Å². The lowest BCUT2D eigenvalue weighted by Gasteiger charge is -2.31. The van der Waals surface area contributed by atoms with Crippen molar-refractivity contribution in [2.45, 2.75) is 20.3 Å². The van der Waals surface area contributed by atoms with Crippen LogP contribution in [0.5, 0.6) is 5.75 Å². The number of hydrogen-bond donors (Lipinski definition) is 1. The standard InChI is InChI=1S/C15H22BrNO/c1-12-9-13(2)11-17(10-12)7-8-18-15-5-3-14(16)4-6-15/h3-6,12-13H,7-11H2,1-2H3/p+1/t12-,13-/m0/s1. The largest absolute Gasteiger partial charge is 0.488 e. The van der Waals surface area contributed by atoms with E-state index >= 15 is 0 Å². The van der Waals surface area contributed by atoms with Crippen molar-refractivity contribution in [3.8, 4) is 5.75 Å². The molecule has 0 radical (unpaired) electrons. The van der Waals surface area contributed by atoms with Crippen molar-refractivity contribution in [3.05, 3.63) is 28.7 Å².